The summed E-state index contributed by atoms with van der Waals surface area (Å²) in [7, 11) is 1.61. The standard InChI is InChI=1S/C20H19N7O2S2/c1-3-27-16(13-5-4-10-21-11-13)23-24-17(27)15(30)18(28)22-20-26-25-19(31-20)12-6-8-14(29-2)9-7-12/h4-11,15,30H,3H2,1-2H3,(H,22,26,28). The number of carbonyl (C=O) groups is 1. The smallest absolute Gasteiger partial charge is 0.246 e. The van der Waals surface area contributed by atoms with Crippen LogP contribution in [0.15, 0.2) is 48.8 Å². The van der Waals surface area contributed by atoms with Crippen molar-refractivity contribution in [2.75, 3.05) is 12.4 Å². The maximum atomic E-state index is 12.8. The van der Waals surface area contributed by atoms with E-state index in [1.165, 1.54) is 11.3 Å². The number of benzene rings is 1. The van der Waals surface area contributed by atoms with Crippen LogP contribution in [-0.2, 0) is 11.3 Å². The van der Waals surface area contributed by atoms with E-state index in [1.807, 2.05) is 47.9 Å². The van der Waals surface area contributed by atoms with Crippen LogP contribution < -0.4 is 10.1 Å². The van der Waals surface area contributed by atoms with Crippen LogP contribution in [0.4, 0.5) is 5.13 Å². The van der Waals surface area contributed by atoms with Gasteiger partial charge in [0.2, 0.25) is 11.0 Å². The maximum absolute atomic E-state index is 12.8. The van der Waals surface area contributed by atoms with Gasteiger partial charge >= 0.3 is 0 Å². The maximum Gasteiger partial charge on any atom is 0.246 e. The molecule has 4 aromatic rings. The van der Waals surface area contributed by atoms with E-state index < -0.39 is 5.25 Å². The molecule has 31 heavy (non-hydrogen) atoms. The van der Waals surface area contributed by atoms with Gasteiger partial charge in [-0.2, -0.15) is 12.6 Å². The Labute approximate surface area is 188 Å². The fourth-order valence-electron chi connectivity index (χ4n) is 2.95. The monoisotopic (exact) mass is 453 g/mol. The highest BCUT2D eigenvalue weighted by atomic mass is 32.1. The number of nitrogens with one attached hydrogen (secondary N) is 1. The molecule has 1 unspecified atom stereocenters. The molecule has 0 aliphatic rings. The van der Waals surface area contributed by atoms with Crippen LogP contribution in [0.3, 0.4) is 0 Å². The minimum atomic E-state index is -0.828. The van der Waals surface area contributed by atoms with Crippen molar-refractivity contribution in [2.24, 2.45) is 0 Å². The second kappa shape index (κ2) is 9.23. The lowest BCUT2D eigenvalue weighted by Gasteiger charge is -2.12. The average molecular weight is 454 g/mol. The van der Waals surface area contributed by atoms with Gasteiger partial charge in [0, 0.05) is 30.1 Å². The van der Waals surface area contributed by atoms with Crippen molar-refractivity contribution in [3.8, 4) is 27.7 Å². The molecule has 3 aromatic heterocycles. The number of hydrogen-bond donors (Lipinski definition) is 2. The zero-order valence-corrected chi connectivity index (χ0v) is 18.5. The fourth-order valence-corrected chi connectivity index (χ4v) is 3.96. The summed E-state index contributed by atoms with van der Waals surface area (Å²) in [6.07, 6.45) is 3.39. The van der Waals surface area contributed by atoms with Gasteiger partial charge in [-0.25, -0.2) is 0 Å². The van der Waals surface area contributed by atoms with E-state index in [-0.39, 0.29) is 5.91 Å². The number of amides is 1. The van der Waals surface area contributed by atoms with Crippen LogP contribution >= 0.6 is 24.0 Å². The highest BCUT2D eigenvalue weighted by molar-refractivity contribution is 7.81. The van der Waals surface area contributed by atoms with Gasteiger partial charge in [-0.05, 0) is 43.3 Å². The lowest BCUT2D eigenvalue weighted by atomic mass is 10.2. The third-order valence-electron chi connectivity index (χ3n) is 4.50. The Morgan fingerprint density at radius 2 is 1.97 bits per heavy atom. The summed E-state index contributed by atoms with van der Waals surface area (Å²) in [4.78, 5) is 16.9. The second-order valence-electron chi connectivity index (χ2n) is 6.40. The van der Waals surface area contributed by atoms with Gasteiger partial charge in [0.15, 0.2) is 11.6 Å². The molecular weight excluding hydrogens is 434 g/mol. The second-order valence-corrected chi connectivity index (χ2v) is 7.89. The number of methoxy groups -OCH3 is 1. The molecule has 0 aliphatic carbocycles. The van der Waals surface area contributed by atoms with Crippen molar-refractivity contribution in [3.63, 3.8) is 0 Å². The predicted molar refractivity (Wildman–Crippen MR) is 121 cm³/mol. The van der Waals surface area contributed by atoms with Crippen LogP contribution in [0.25, 0.3) is 22.0 Å². The van der Waals surface area contributed by atoms with Gasteiger partial charge in [-0.3, -0.25) is 15.1 Å². The summed E-state index contributed by atoms with van der Waals surface area (Å²) in [5.41, 5.74) is 1.70. The van der Waals surface area contributed by atoms with E-state index in [1.54, 1.807) is 19.5 Å². The van der Waals surface area contributed by atoms with Crippen LogP contribution in [0, 0.1) is 0 Å². The first-order valence-corrected chi connectivity index (χ1v) is 10.7. The number of ether oxygens (including phenoxy) is 1. The van der Waals surface area contributed by atoms with Crippen LogP contribution in [0.5, 0.6) is 5.75 Å². The summed E-state index contributed by atoms with van der Waals surface area (Å²) >= 11 is 5.76. The van der Waals surface area contributed by atoms with Gasteiger partial charge in [-0.1, -0.05) is 11.3 Å². The van der Waals surface area contributed by atoms with Crippen molar-refractivity contribution in [1.29, 1.82) is 0 Å². The molecule has 1 aromatic carbocycles. The zero-order valence-electron chi connectivity index (χ0n) is 16.8. The van der Waals surface area contributed by atoms with Crippen molar-refractivity contribution < 1.29 is 9.53 Å². The normalized spacial score (nSPS) is 11.8. The van der Waals surface area contributed by atoms with E-state index in [4.69, 9.17) is 4.74 Å². The Hall–Kier alpha value is -3.31. The van der Waals surface area contributed by atoms with Gasteiger partial charge in [-0.15, -0.1) is 20.4 Å². The first kappa shape index (κ1) is 20.9. The number of anilines is 1. The molecule has 1 atom stereocenters. The summed E-state index contributed by atoms with van der Waals surface area (Å²) in [6.45, 7) is 2.54. The highest BCUT2D eigenvalue weighted by Gasteiger charge is 2.25. The van der Waals surface area contributed by atoms with E-state index in [2.05, 4.69) is 43.3 Å². The molecule has 3 heterocycles. The summed E-state index contributed by atoms with van der Waals surface area (Å²) < 4.78 is 7.01. The van der Waals surface area contributed by atoms with Crippen molar-refractivity contribution in [1.82, 2.24) is 29.9 Å². The van der Waals surface area contributed by atoms with Crippen LogP contribution in [0.1, 0.15) is 18.0 Å². The molecule has 0 bridgehead atoms. The third kappa shape index (κ3) is 4.42. The first-order chi connectivity index (χ1) is 15.1. The molecule has 9 nitrogen and oxygen atoms in total. The van der Waals surface area contributed by atoms with E-state index in [0.29, 0.717) is 28.3 Å². The molecule has 11 heteroatoms. The number of rotatable bonds is 7. The van der Waals surface area contributed by atoms with Crippen molar-refractivity contribution in [2.45, 2.75) is 18.7 Å². The van der Waals surface area contributed by atoms with Gasteiger partial charge in [0.1, 0.15) is 16.0 Å². The Kier molecular flexibility index (Phi) is 6.23. The molecule has 158 valence electrons. The summed E-state index contributed by atoms with van der Waals surface area (Å²) in [6, 6.07) is 11.2. The number of pyridine rings is 1. The molecule has 0 saturated heterocycles. The van der Waals surface area contributed by atoms with E-state index >= 15 is 0 Å². The number of thiol groups is 1. The lowest BCUT2D eigenvalue weighted by Crippen LogP contribution is -2.20. The Bertz CT molecular complexity index is 1180. The Morgan fingerprint density at radius 1 is 1.16 bits per heavy atom. The molecule has 0 fully saturated rings. The molecular formula is C20H19N7O2S2. The Morgan fingerprint density at radius 3 is 2.65 bits per heavy atom. The largest absolute Gasteiger partial charge is 0.497 e. The van der Waals surface area contributed by atoms with Gasteiger partial charge in [0.05, 0.1) is 7.11 Å². The molecule has 1 N–H and O–H groups in total. The number of carbonyl (C=O) groups excluding carboxylic acids is 1. The summed E-state index contributed by atoms with van der Waals surface area (Å²) in [5, 5.41) is 19.7. The predicted octanol–water partition coefficient (Wildman–Crippen LogP) is 3.50. The molecule has 0 saturated carbocycles. The molecule has 1 amide bonds. The zero-order chi connectivity index (χ0) is 21.8. The number of aromatic nitrogens is 6. The minimum Gasteiger partial charge on any atom is -0.497 e. The molecule has 4 rings (SSSR count). The van der Waals surface area contributed by atoms with E-state index in [9.17, 15) is 4.79 Å². The quantitative estimate of drug-likeness (QED) is 0.412. The first-order valence-electron chi connectivity index (χ1n) is 9.41. The number of hydrogen-bond acceptors (Lipinski definition) is 9. The third-order valence-corrected chi connectivity index (χ3v) is 5.85. The molecule has 0 spiro atoms. The fraction of sp³-hybridized carbons (Fsp3) is 0.200. The SMILES string of the molecule is CCn1c(-c2cccnc2)nnc1C(S)C(=O)Nc1nnc(-c2ccc(OC)cc2)s1. The molecule has 0 radical (unpaired) electrons. The van der Waals surface area contributed by atoms with Gasteiger partial charge < -0.3 is 9.30 Å². The Balaban J connectivity index is 1.50. The molecule has 0 aliphatic heterocycles. The van der Waals surface area contributed by atoms with Crippen LogP contribution in [-0.4, -0.2) is 43.0 Å². The van der Waals surface area contributed by atoms with Crippen LogP contribution in [0.2, 0.25) is 0 Å². The van der Waals surface area contributed by atoms with Gasteiger partial charge in [0.25, 0.3) is 0 Å². The average Bonchev–Trinajstić information content (AvgIpc) is 3.46. The van der Waals surface area contributed by atoms with Crippen molar-refractivity contribution in [3.05, 3.63) is 54.6 Å². The number of nitrogens with zero attached hydrogens (tertiary/aromatic N) is 6. The summed E-state index contributed by atoms with van der Waals surface area (Å²) in [5.74, 6) is 1.48. The highest BCUT2D eigenvalue weighted by Crippen LogP contribution is 2.30. The topological polar surface area (TPSA) is 108 Å². The minimum absolute atomic E-state index is 0.361. The van der Waals surface area contributed by atoms with Crippen molar-refractivity contribution >= 4 is 35.0 Å². The lowest BCUT2D eigenvalue weighted by molar-refractivity contribution is -0.115. The van der Waals surface area contributed by atoms with E-state index in [0.717, 1.165) is 16.9 Å².